The zero-order valence-corrected chi connectivity index (χ0v) is 11.6. The van der Waals surface area contributed by atoms with Crippen LogP contribution in [0.4, 0.5) is 0 Å². The van der Waals surface area contributed by atoms with Gasteiger partial charge < -0.3 is 10.1 Å². The van der Waals surface area contributed by atoms with Gasteiger partial charge in [-0.1, -0.05) is 23.9 Å². The predicted octanol–water partition coefficient (Wildman–Crippen LogP) is 1.72. The molecule has 1 aromatic heterocycles. The van der Waals surface area contributed by atoms with Gasteiger partial charge in [-0.2, -0.15) is 0 Å². The molecule has 1 amide bonds. The first-order valence-electron chi connectivity index (χ1n) is 5.76. The highest BCUT2D eigenvalue weighted by Gasteiger charge is 2.11. The number of carbonyl (C=O) groups is 1. The number of hydrogen-bond acceptors (Lipinski definition) is 4. The number of nitrogens with one attached hydrogen (secondary N) is 1. The Balaban J connectivity index is 2.26. The number of aromatic nitrogens is 2. The lowest BCUT2D eigenvalue weighted by Gasteiger charge is -2.11. The fraction of sp³-hybridized carbons (Fsp3) is 0.231. The van der Waals surface area contributed by atoms with E-state index in [2.05, 4.69) is 10.3 Å². The zero-order chi connectivity index (χ0) is 13.7. The summed E-state index contributed by atoms with van der Waals surface area (Å²) in [6.45, 7) is 0. The summed E-state index contributed by atoms with van der Waals surface area (Å²) in [6.07, 6.45) is 3.56. The van der Waals surface area contributed by atoms with E-state index >= 15 is 0 Å². The van der Waals surface area contributed by atoms with Crippen molar-refractivity contribution in [3.05, 3.63) is 36.7 Å². The van der Waals surface area contributed by atoms with Gasteiger partial charge in [-0.25, -0.2) is 4.98 Å². The molecule has 0 spiro atoms. The molecular weight excluding hydrogens is 262 g/mol. The van der Waals surface area contributed by atoms with Crippen LogP contribution in [0, 0.1) is 0 Å². The minimum absolute atomic E-state index is 0.0282. The summed E-state index contributed by atoms with van der Waals surface area (Å²) in [5, 5.41) is 3.35. The van der Waals surface area contributed by atoms with Crippen LogP contribution in [0.5, 0.6) is 5.75 Å². The van der Waals surface area contributed by atoms with Crippen molar-refractivity contribution in [2.45, 2.75) is 5.16 Å². The molecule has 6 heteroatoms. The molecule has 0 aliphatic rings. The van der Waals surface area contributed by atoms with Gasteiger partial charge in [-0.15, -0.1) is 0 Å². The monoisotopic (exact) mass is 277 g/mol. The van der Waals surface area contributed by atoms with E-state index in [0.29, 0.717) is 5.75 Å². The van der Waals surface area contributed by atoms with E-state index in [0.717, 1.165) is 16.6 Å². The van der Waals surface area contributed by atoms with Gasteiger partial charge >= 0.3 is 0 Å². The lowest BCUT2D eigenvalue weighted by Crippen LogP contribution is -2.20. The molecule has 19 heavy (non-hydrogen) atoms. The summed E-state index contributed by atoms with van der Waals surface area (Å²) in [7, 11) is 3.25. The number of thioether (sulfide) groups is 1. The van der Waals surface area contributed by atoms with Crippen molar-refractivity contribution < 1.29 is 9.53 Å². The maximum absolute atomic E-state index is 11.3. The standard InChI is InChI=1S/C13H15N3O2S/c1-14-12(17)9-19-13-15-7-8-16(13)10-5-3-4-6-11(10)18-2/h3-8H,9H2,1-2H3,(H,14,17). The van der Waals surface area contributed by atoms with E-state index < -0.39 is 0 Å². The highest BCUT2D eigenvalue weighted by Crippen LogP contribution is 2.26. The normalized spacial score (nSPS) is 10.2. The minimum Gasteiger partial charge on any atom is -0.495 e. The van der Waals surface area contributed by atoms with Crippen LogP contribution in [0.3, 0.4) is 0 Å². The Hall–Kier alpha value is -1.95. The zero-order valence-electron chi connectivity index (χ0n) is 10.8. The molecule has 0 atom stereocenters. The van der Waals surface area contributed by atoms with Crippen molar-refractivity contribution in [1.82, 2.24) is 14.9 Å². The Morgan fingerprint density at radius 3 is 3.00 bits per heavy atom. The van der Waals surface area contributed by atoms with Gasteiger partial charge in [0, 0.05) is 19.4 Å². The smallest absolute Gasteiger partial charge is 0.230 e. The van der Waals surface area contributed by atoms with Gasteiger partial charge in [-0.05, 0) is 12.1 Å². The van der Waals surface area contributed by atoms with Crippen molar-refractivity contribution in [1.29, 1.82) is 0 Å². The molecule has 0 radical (unpaired) electrons. The molecule has 1 N–H and O–H groups in total. The molecule has 0 saturated carbocycles. The maximum atomic E-state index is 11.3. The third-order valence-corrected chi connectivity index (χ3v) is 3.53. The second-order valence-corrected chi connectivity index (χ2v) is 4.66. The van der Waals surface area contributed by atoms with Crippen molar-refractivity contribution in [2.24, 2.45) is 0 Å². The van der Waals surface area contributed by atoms with Crippen LogP contribution in [0.25, 0.3) is 5.69 Å². The summed E-state index contributed by atoms with van der Waals surface area (Å²) in [4.78, 5) is 15.5. The molecule has 0 aliphatic carbocycles. The third kappa shape index (κ3) is 3.08. The molecule has 5 nitrogen and oxygen atoms in total. The number of amides is 1. The van der Waals surface area contributed by atoms with Gasteiger partial charge in [0.1, 0.15) is 5.75 Å². The van der Waals surface area contributed by atoms with Gasteiger partial charge in [0.2, 0.25) is 5.91 Å². The molecule has 1 heterocycles. The number of hydrogen-bond donors (Lipinski definition) is 1. The third-order valence-electron chi connectivity index (χ3n) is 2.56. The van der Waals surface area contributed by atoms with Crippen LogP contribution >= 0.6 is 11.8 Å². The number of rotatable bonds is 5. The second-order valence-electron chi connectivity index (χ2n) is 3.71. The van der Waals surface area contributed by atoms with Crippen LogP contribution in [0.15, 0.2) is 41.8 Å². The van der Waals surface area contributed by atoms with E-state index in [1.807, 2.05) is 35.0 Å². The van der Waals surface area contributed by atoms with E-state index in [1.165, 1.54) is 11.8 Å². The van der Waals surface area contributed by atoms with Crippen LogP contribution < -0.4 is 10.1 Å². The average molecular weight is 277 g/mol. The first kappa shape index (κ1) is 13.5. The Kier molecular flexibility index (Phi) is 4.46. The molecule has 0 fully saturated rings. The van der Waals surface area contributed by atoms with Crippen LogP contribution in [-0.2, 0) is 4.79 Å². The quantitative estimate of drug-likeness (QED) is 0.846. The summed E-state index contributed by atoms with van der Waals surface area (Å²) in [5.41, 5.74) is 0.905. The Labute approximate surface area is 116 Å². The van der Waals surface area contributed by atoms with Crippen molar-refractivity contribution in [3.8, 4) is 11.4 Å². The van der Waals surface area contributed by atoms with Crippen molar-refractivity contribution >= 4 is 17.7 Å². The number of ether oxygens (including phenoxy) is 1. The average Bonchev–Trinajstić information content (AvgIpc) is 2.92. The summed E-state index contributed by atoms with van der Waals surface area (Å²) in [5.74, 6) is 1.07. The van der Waals surface area contributed by atoms with Gasteiger partial charge in [0.15, 0.2) is 5.16 Å². The molecule has 0 aliphatic heterocycles. The van der Waals surface area contributed by atoms with Crippen molar-refractivity contribution in [2.75, 3.05) is 19.9 Å². The van der Waals surface area contributed by atoms with Gasteiger partial charge in [0.25, 0.3) is 0 Å². The van der Waals surface area contributed by atoms with E-state index in [-0.39, 0.29) is 5.91 Å². The number of imidazole rings is 1. The number of nitrogens with zero attached hydrogens (tertiary/aromatic N) is 2. The SMILES string of the molecule is CNC(=O)CSc1nccn1-c1ccccc1OC. The highest BCUT2D eigenvalue weighted by atomic mass is 32.2. The topological polar surface area (TPSA) is 56.2 Å². The van der Waals surface area contributed by atoms with Gasteiger partial charge in [0.05, 0.1) is 18.6 Å². The summed E-state index contributed by atoms with van der Waals surface area (Å²) >= 11 is 1.38. The Morgan fingerprint density at radius 1 is 1.47 bits per heavy atom. The van der Waals surface area contributed by atoms with E-state index in [9.17, 15) is 4.79 Å². The number of para-hydroxylation sites is 2. The van der Waals surface area contributed by atoms with Crippen LogP contribution in [0.1, 0.15) is 0 Å². The number of methoxy groups -OCH3 is 1. The summed E-state index contributed by atoms with van der Waals surface area (Å²) in [6, 6.07) is 7.69. The molecule has 0 saturated heterocycles. The Bertz CT molecular complexity index is 569. The molecule has 2 rings (SSSR count). The predicted molar refractivity (Wildman–Crippen MR) is 74.9 cm³/mol. The molecule has 0 unspecified atom stereocenters. The van der Waals surface area contributed by atoms with E-state index in [1.54, 1.807) is 20.4 Å². The first-order chi connectivity index (χ1) is 9.26. The van der Waals surface area contributed by atoms with Crippen LogP contribution in [0.2, 0.25) is 0 Å². The largest absolute Gasteiger partial charge is 0.495 e. The maximum Gasteiger partial charge on any atom is 0.230 e. The summed E-state index contributed by atoms with van der Waals surface area (Å²) < 4.78 is 7.24. The second kappa shape index (κ2) is 6.29. The highest BCUT2D eigenvalue weighted by molar-refractivity contribution is 7.99. The minimum atomic E-state index is -0.0282. The Morgan fingerprint density at radius 2 is 2.26 bits per heavy atom. The molecule has 2 aromatic rings. The van der Waals surface area contributed by atoms with Crippen LogP contribution in [-0.4, -0.2) is 35.4 Å². The number of benzene rings is 1. The first-order valence-corrected chi connectivity index (χ1v) is 6.75. The molecular formula is C13H15N3O2S. The lowest BCUT2D eigenvalue weighted by molar-refractivity contribution is -0.118. The van der Waals surface area contributed by atoms with Gasteiger partial charge in [-0.3, -0.25) is 9.36 Å². The molecule has 100 valence electrons. The lowest BCUT2D eigenvalue weighted by atomic mass is 10.3. The van der Waals surface area contributed by atoms with E-state index in [4.69, 9.17) is 4.74 Å². The number of carbonyl (C=O) groups excluding carboxylic acids is 1. The fourth-order valence-corrected chi connectivity index (χ4v) is 2.45. The van der Waals surface area contributed by atoms with Crippen molar-refractivity contribution in [3.63, 3.8) is 0 Å². The molecule has 0 bridgehead atoms. The molecule has 1 aromatic carbocycles. The fourth-order valence-electron chi connectivity index (χ4n) is 1.61.